The summed E-state index contributed by atoms with van der Waals surface area (Å²) in [5, 5.41) is 31.0. The van der Waals surface area contributed by atoms with E-state index in [2.05, 4.69) is 10.6 Å². The fourth-order valence-electron chi connectivity index (χ4n) is 2.31. The third-order valence-corrected chi connectivity index (χ3v) is 3.68. The maximum Gasteiger partial charge on any atom is 0.279 e. The van der Waals surface area contributed by atoms with E-state index in [1.165, 1.54) is 26.3 Å². The second-order valence-corrected chi connectivity index (χ2v) is 5.90. The molecule has 0 saturated carbocycles. The number of hydrogen-bond acceptors (Lipinski definition) is 6. The Labute approximate surface area is 162 Å². The van der Waals surface area contributed by atoms with Gasteiger partial charge >= 0.3 is 0 Å². The van der Waals surface area contributed by atoms with Crippen molar-refractivity contribution in [2.24, 2.45) is 0 Å². The van der Waals surface area contributed by atoms with Gasteiger partial charge in [0, 0.05) is 41.7 Å². The van der Waals surface area contributed by atoms with Crippen LogP contribution in [0.2, 0.25) is 0 Å². The van der Waals surface area contributed by atoms with Gasteiger partial charge in [-0.1, -0.05) is 0 Å². The first-order chi connectivity index (χ1) is 13.2. The number of aliphatic hydroxyl groups is 1. The molecule has 0 aromatic heterocycles. The third-order valence-electron chi connectivity index (χ3n) is 3.68. The molecule has 0 heterocycles. The quantitative estimate of drug-likeness (QED) is 0.304. The number of ether oxygens (including phenoxy) is 1. The zero-order valence-electron chi connectivity index (χ0n) is 15.9. The molecule has 0 amide bonds. The third kappa shape index (κ3) is 7.07. The van der Waals surface area contributed by atoms with E-state index in [0.29, 0.717) is 17.8 Å². The number of benzene rings is 1. The predicted octanol–water partition coefficient (Wildman–Crippen LogP) is 3.97. The fourth-order valence-corrected chi connectivity index (χ4v) is 2.31. The Kier molecular flexibility index (Phi) is 9.23. The van der Waals surface area contributed by atoms with Crippen LogP contribution >= 0.6 is 0 Å². The Balaban J connectivity index is 3.31. The van der Waals surface area contributed by atoms with Gasteiger partial charge in [-0.3, -0.25) is 10.8 Å². The summed E-state index contributed by atoms with van der Waals surface area (Å²) in [4.78, 5) is 0. The van der Waals surface area contributed by atoms with Crippen molar-refractivity contribution in [3.63, 3.8) is 0 Å². The average Bonchev–Trinajstić information content (AvgIpc) is 2.65. The number of rotatable bonds is 10. The van der Waals surface area contributed by atoms with Crippen molar-refractivity contribution >= 4 is 17.3 Å². The number of halogens is 3. The van der Waals surface area contributed by atoms with Crippen LogP contribution in [0.4, 0.5) is 18.9 Å². The van der Waals surface area contributed by atoms with Crippen LogP contribution in [-0.4, -0.2) is 36.8 Å². The highest BCUT2D eigenvalue weighted by Crippen LogP contribution is 2.26. The van der Waals surface area contributed by atoms with Crippen LogP contribution in [0.15, 0.2) is 41.7 Å². The topological polar surface area (TPSA) is 101 Å². The van der Waals surface area contributed by atoms with Gasteiger partial charge in [0.15, 0.2) is 0 Å². The number of allylic oxidation sites excluding steroid dienone is 2. The second-order valence-electron chi connectivity index (χ2n) is 5.90. The number of anilines is 1. The molecule has 9 heteroatoms. The Morgan fingerprint density at radius 1 is 1.32 bits per heavy atom. The molecule has 1 aromatic rings. The first-order valence-electron chi connectivity index (χ1n) is 8.56. The smallest absolute Gasteiger partial charge is 0.279 e. The molecule has 1 aromatic carbocycles. The van der Waals surface area contributed by atoms with Gasteiger partial charge in [-0.15, -0.1) is 0 Å². The summed E-state index contributed by atoms with van der Waals surface area (Å²) in [6.07, 6.45) is -1.56. The zero-order valence-corrected chi connectivity index (χ0v) is 15.9. The van der Waals surface area contributed by atoms with Crippen LogP contribution in [0, 0.1) is 16.6 Å². The van der Waals surface area contributed by atoms with E-state index in [1.807, 2.05) is 6.92 Å². The van der Waals surface area contributed by atoms with Gasteiger partial charge in [-0.05, 0) is 38.1 Å². The summed E-state index contributed by atoms with van der Waals surface area (Å²) in [6.45, 7) is 3.87. The lowest BCUT2D eigenvalue weighted by Gasteiger charge is -2.18. The highest BCUT2D eigenvalue weighted by Gasteiger charge is 2.16. The van der Waals surface area contributed by atoms with Gasteiger partial charge in [-0.25, -0.2) is 13.2 Å². The molecule has 0 radical (unpaired) electrons. The van der Waals surface area contributed by atoms with E-state index < -0.39 is 24.1 Å². The molecular formula is C19H25F3N4O2. The highest BCUT2D eigenvalue weighted by molar-refractivity contribution is 5.97. The summed E-state index contributed by atoms with van der Waals surface area (Å²) in [7, 11) is 1.31. The molecule has 0 spiro atoms. The second kappa shape index (κ2) is 11.1. The molecule has 0 aliphatic rings. The molecule has 0 fully saturated rings. The van der Waals surface area contributed by atoms with Gasteiger partial charge in [0.05, 0.1) is 18.9 Å². The Hall–Kier alpha value is -2.81. The summed E-state index contributed by atoms with van der Waals surface area (Å²) >= 11 is 0. The average molecular weight is 398 g/mol. The van der Waals surface area contributed by atoms with E-state index in [0.717, 1.165) is 18.2 Å². The van der Waals surface area contributed by atoms with Crippen molar-refractivity contribution < 1.29 is 23.0 Å². The highest BCUT2D eigenvalue weighted by atomic mass is 19.3. The van der Waals surface area contributed by atoms with Crippen LogP contribution in [0.25, 0.3) is 0 Å². The normalized spacial score (nSPS) is 13.3. The Morgan fingerprint density at radius 3 is 2.54 bits per heavy atom. The van der Waals surface area contributed by atoms with E-state index >= 15 is 0 Å². The lowest BCUT2D eigenvalue weighted by molar-refractivity contribution is 0.199. The fraction of sp³-hybridized carbons (Fsp3) is 0.368. The number of methoxy groups -OCH3 is 1. The monoisotopic (exact) mass is 398 g/mol. The Bertz CT molecular complexity index is 762. The van der Waals surface area contributed by atoms with Crippen LogP contribution in [-0.2, 0) is 4.74 Å². The van der Waals surface area contributed by atoms with E-state index in [1.54, 1.807) is 0 Å². The van der Waals surface area contributed by atoms with Gasteiger partial charge in [0.2, 0.25) is 5.90 Å². The minimum Gasteiger partial charge on any atom is -0.481 e. The molecule has 0 aliphatic heterocycles. The minimum absolute atomic E-state index is 0.0363. The van der Waals surface area contributed by atoms with Crippen molar-refractivity contribution in [2.45, 2.75) is 32.8 Å². The maximum atomic E-state index is 13.5. The standard InChI is InChI=1S/C19H25F3N4O2/c1-4-25-10-12(19(24)28-3)7-14(9-16(23)18(21)22)26-17-6-5-13(20)8-15(17)11(2)27/h5-6,8-11,18,23-27H,4,7H2,1-3H3/b12-10-,14-9-,23-16?,24-19?/t11-/m1/s1. The molecule has 154 valence electrons. The van der Waals surface area contributed by atoms with E-state index in [9.17, 15) is 18.3 Å². The molecule has 0 bridgehead atoms. The molecule has 1 atom stereocenters. The van der Waals surface area contributed by atoms with Gasteiger partial charge < -0.3 is 20.5 Å². The SMILES string of the molecule is CCN/C=C(/C/C(=C/C(=N)C(F)F)Nc1ccc(F)cc1[C@@H](C)O)C(=N)OC. The van der Waals surface area contributed by atoms with Gasteiger partial charge in [-0.2, -0.15) is 0 Å². The number of alkyl halides is 2. The number of aliphatic hydroxyl groups excluding tert-OH is 1. The number of hydrogen-bond donors (Lipinski definition) is 5. The van der Waals surface area contributed by atoms with Crippen molar-refractivity contribution in [3.05, 3.63) is 53.1 Å². The summed E-state index contributed by atoms with van der Waals surface area (Å²) in [5.41, 5.74) is 0.121. The van der Waals surface area contributed by atoms with E-state index in [4.69, 9.17) is 15.6 Å². The molecule has 6 nitrogen and oxygen atoms in total. The van der Waals surface area contributed by atoms with Crippen LogP contribution in [0.1, 0.15) is 31.9 Å². The molecule has 28 heavy (non-hydrogen) atoms. The van der Waals surface area contributed by atoms with Crippen LogP contribution < -0.4 is 10.6 Å². The molecule has 1 rings (SSSR count). The number of nitrogens with one attached hydrogen (secondary N) is 4. The predicted molar refractivity (Wildman–Crippen MR) is 104 cm³/mol. The molecule has 5 N–H and O–H groups in total. The lowest BCUT2D eigenvalue weighted by Crippen LogP contribution is -2.16. The van der Waals surface area contributed by atoms with Gasteiger partial charge in [0.25, 0.3) is 6.43 Å². The van der Waals surface area contributed by atoms with Crippen molar-refractivity contribution in [2.75, 3.05) is 19.0 Å². The molecule has 0 saturated heterocycles. The zero-order chi connectivity index (χ0) is 21.3. The first kappa shape index (κ1) is 23.2. The largest absolute Gasteiger partial charge is 0.481 e. The molecular weight excluding hydrogens is 373 g/mol. The first-order valence-corrected chi connectivity index (χ1v) is 8.56. The van der Waals surface area contributed by atoms with E-state index in [-0.39, 0.29) is 23.6 Å². The van der Waals surface area contributed by atoms with Crippen molar-refractivity contribution in [3.8, 4) is 0 Å². The minimum atomic E-state index is -2.98. The van der Waals surface area contributed by atoms with Crippen molar-refractivity contribution in [1.29, 1.82) is 10.8 Å². The van der Waals surface area contributed by atoms with Crippen molar-refractivity contribution in [1.82, 2.24) is 5.32 Å². The lowest BCUT2D eigenvalue weighted by atomic mass is 10.1. The Morgan fingerprint density at radius 2 is 2.00 bits per heavy atom. The maximum absolute atomic E-state index is 13.5. The summed E-state index contributed by atoms with van der Waals surface area (Å²) in [6, 6.07) is 3.67. The van der Waals surface area contributed by atoms with Crippen LogP contribution in [0.3, 0.4) is 0 Å². The summed E-state index contributed by atoms with van der Waals surface area (Å²) in [5.74, 6) is -0.728. The molecule has 0 unspecified atom stereocenters. The van der Waals surface area contributed by atoms with Gasteiger partial charge in [0.1, 0.15) is 5.82 Å². The molecule has 0 aliphatic carbocycles. The van der Waals surface area contributed by atoms with Crippen LogP contribution in [0.5, 0.6) is 0 Å². The summed E-state index contributed by atoms with van der Waals surface area (Å²) < 4.78 is 44.2.